The summed E-state index contributed by atoms with van der Waals surface area (Å²) < 4.78 is 24.8. The summed E-state index contributed by atoms with van der Waals surface area (Å²) in [5.41, 5.74) is 1.44. The van der Waals surface area contributed by atoms with Crippen LogP contribution in [0.4, 0.5) is 5.69 Å². The van der Waals surface area contributed by atoms with Crippen molar-refractivity contribution in [2.45, 2.75) is 12.3 Å². The molecule has 0 spiro atoms. The van der Waals surface area contributed by atoms with Crippen LogP contribution < -0.4 is 10.0 Å². The van der Waals surface area contributed by atoms with E-state index in [-0.39, 0.29) is 12.5 Å². The van der Waals surface area contributed by atoms with Crippen molar-refractivity contribution in [3.8, 4) is 0 Å². The summed E-state index contributed by atoms with van der Waals surface area (Å²) in [6.45, 7) is 0.193. The van der Waals surface area contributed by atoms with Gasteiger partial charge in [0.1, 0.15) is 0 Å². The lowest BCUT2D eigenvalue weighted by molar-refractivity contribution is -0.117. The van der Waals surface area contributed by atoms with Gasteiger partial charge in [0.15, 0.2) is 0 Å². The number of rotatable bonds is 7. The highest BCUT2D eigenvalue weighted by Gasteiger charge is 2.21. The number of hydrogen-bond acceptors (Lipinski definition) is 4. The number of aromatic nitrogens is 1. The molecule has 1 heterocycles. The fourth-order valence-electron chi connectivity index (χ4n) is 2.19. The molecule has 23 heavy (non-hydrogen) atoms. The van der Waals surface area contributed by atoms with E-state index in [2.05, 4.69) is 15.0 Å². The fourth-order valence-corrected chi connectivity index (χ4v) is 2.68. The van der Waals surface area contributed by atoms with Crippen LogP contribution >= 0.6 is 0 Å². The smallest absolute Gasteiger partial charge is 0.232 e. The molecular formula is C16H19N3O3S. The number of benzene rings is 1. The number of hydrogen-bond donors (Lipinski definition) is 2. The first-order chi connectivity index (χ1) is 11.0. The van der Waals surface area contributed by atoms with Crippen LogP contribution in [0.2, 0.25) is 0 Å². The van der Waals surface area contributed by atoms with Crippen molar-refractivity contribution in [2.75, 3.05) is 18.1 Å². The Morgan fingerprint density at radius 2 is 1.91 bits per heavy atom. The highest BCUT2D eigenvalue weighted by Crippen LogP contribution is 2.21. The van der Waals surface area contributed by atoms with Crippen molar-refractivity contribution in [2.24, 2.45) is 0 Å². The van der Waals surface area contributed by atoms with Crippen LogP contribution in [0.25, 0.3) is 0 Å². The number of sulfonamides is 1. The molecule has 0 aliphatic carbocycles. The van der Waals surface area contributed by atoms with Crippen LogP contribution in [0.3, 0.4) is 0 Å². The number of anilines is 1. The van der Waals surface area contributed by atoms with E-state index >= 15 is 0 Å². The maximum Gasteiger partial charge on any atom is 0.232 e. The van der Waals surface area contributed by atoms with E-state index in [1.54, 1.807) is 24.5 Å². The molecule has 2 rings (SSSR count). The summed E-state index contributed by atoms with van der Waals surface area (Å²) in [6, 6.07) is 12.8. The highest BCUT2D eigenvalue weighted by atomic mass is 32.2. The molecule has 1 amide bonds. The Hall–Kier alpha value is -2.25. The summed E-state index contributed by atoms with van der Waals surface area (Å²) in [4.78, 5) is 16.5. The van der Waals surface area contributed by atoms with E-state index in [1.807, 2.05) is 30.3 Å². The number of nitrogens with one attached hydrogen (secondary N) is 2. The van der Waals surface area contributed by atoms with Gasteiger partial charge in [-0.15, -0.1) is 0 Å². The SMILES string of the molecule is CS(=O)(=O)NCC[C@@H](C(=O)Nc1cccnc1)c1ccccc1. The van der Waals surface area contributed by atoms with Gasteiger partial charge in [0.05, 0.1) is 24.1 Å². The Morgan fingerprint density at radius 1 is 1.17 bits per heavy atom. The highest BCUT2D eigenvalue weighted by molar-refractivity contribution is 7.88. The van der Waals surface area contributed by atoms with Gasteiger partial charge < -0.3 is 5.32 Å². The second-order valence-electron chi connectivity index (χ2n) is 5.15. The lowest BCUT2D eigenvalue weighted by Gasteiger charge is -2.17. The molecule has 0 unspecified atom stereocenters. The summed E-state index contributed by atoms with van der Waals surface area (Å²) >= 11 is 0. The molecule has 7 heteroatoms. The van der Waals surface area contributed by atoms with Crippen molar-refractivity contribution in [3.05, 3.63) is 60.4 Å². The standard InChI is InChI=1S/C16H19N3O3S/c1-23(21,22)18-11-9-15(13-6-3-2-4-7-13)16(20)19-14-8-5-10-17-12-14/h2-8,10,12,15,18H,9,11H2,1H3,(H,19,20)/t15-/m1/s1. The quantitative estimate of drug-likeness (QED) is 0.808. The molecule has 2 N–H and O–H groups in total. The van der Waals surface area contributed by atoms with E-state index in [1.165, 1.54) is 0 Å². The Bertz CT molecular complexity index is 734. The molecule has 0 saturated carbocycles. The van der Waals surface area contributed by atoms with Gasteiger partial charge >= 0.3 is 0 Å². The average molecular weight is 333 g/mol. The molecule has 6 nitrogen and oxygen atoms in total. The van der Waals surface area contributed by atoms with Gasteiger partial charge in [0, 0.05) is 12.7 Å². The molecule has 2 aromatic rings. The summed E-state index contributed by atoms with van der Waals surface area (Å²) in [5, 5.41) is 2.81. The minimum absolute atomic E-state index is 0.193. The maximum absolute atomic E-state index is 12.6. The van der Waals surface area contributed by atoms with Crippen molar-refractivity contribution in [1.29, 1.82) is 0 Å². The number of amides is 1. The summed E-state index contributed by atoms with van der Waals surface area (Å²) in [7, 11) is -3.28. The molecule has 0 saturated heterocycles. The maximum atomic E-state index is 12.6. The molecule has 122 valence electrons. The zero-order chi connectivity index (χ0) is 16.7. The lowest BCUT2D eigenvalue weighted by atomic mass is 9.95. The second-order valence-corrected chi connectivity index (χ2v) is 6.98. The minimum Gasteiger partial charge on any atom is -0.324 e. The predicted octanol–water partition coefficient (Wildman–Crippen LogP) is 1.74. The Morgan fingerprint density at radius 3 is 2.52 bits per heavy atom. The van der Waals surface area contributed by atoms with Crippen LogP contribution in [-0.2, 0) is 14.8 Å². The zero-order valence-electron chi connectivity index (χ0n) is 12.8. The van der Waals surface area contributed by atoms with Crippen molar-refractivity contribution >= 4 is 21.6 Å². The van der Waals surface area contributed by atoms with Crippen LogP contribution in [-0.4, -0.2) is 32.1 Å². The topological polar surface area (TPSA) is 88.2 Å². The third kappa shape index (κ3) is 5.80. The van der Waals surface area contributed by atoms with Gasteiger partial charge in [-0.05, 0) is 24.1 Å². The van der Waals surface area contributed by atoms with Crippen LogP contribution in [0.1, 0.15) is 17.9 Å². The van der Waals surface area contributed by atoms with E-state index in [0.717, 1.165) is 11.8 Å². The van der Waals surface area contributed by atoms with Crippen molar-refractivity contribution < 1.29 is 13.2 Å². The summed E-state index contributed by atoms with van der Waals surface area (Å²) in [6.07, 6.45) is 4.65. The number of nitrogens with zero attached hydrogens (tertiary/aromatic N) is 1. The number of carbonyl (C=O) groups excluding carboxylic acids is 1. The van der Waals surface area contributed by atoms with E-state index in [4.69, 9.17) is 0 Å². The van der Waals surface area contributed by atoms with Gasteiger partial charge in [-0.25, -0.2) is 13.1 Å². The molecule has 1 aromatic carbocycles. The van der Waals surface area contributed by atoms with Gasteiger partial charge in [-0.2, -0.15) is 0 Å². The molecule has 0 fully saturated rings. The molecular weight excluding hydrogens is 314 g/mol. The Balaban J connectivity index is 2.11. The second kappa shape index (κ2) is 7.85. The predicted molar refractivity (Wildman–Crippen MR) is 89.5 cm³/mol. The molecule has 1 aromatic heterocycles. The zero-order valence-corrected chi connectivity index (χ0v) is 13.6. The molecule has 0 aliphatic rings. The molecule has 0 bridgehead atoms. The van der Waals surface area contributed by atoms with Crippen LogP contribution in [0, 0.1) is 0 Å². The van der Waals surface area contributed by atoms with E-state index in [9.17, 15) is 13.2 Å². The fraction of sp³-hybridized carbons (Fsp3) is 0.250. The van der Waals surface area contributed by atoms with Gasteiger partial charge in [-0.3, -0.25) is 9.78 Å². The average Bonchev–Trinajstić information content (AvgIpc) is 2.52. The third-order valence-corrected chi connectivity index (χ3v) is 3.97. The first-order valence-electron chi connectivity index (χ1n) is 7.16. The Labute approximate surface area is 136 Å². The minimum atomic E-state index is -3.28. The van der Waals surface area contributed by atoms with Crippen molar-refractivity contribution in [3.63, 3.8) is 0 Å². The van der Waals surface area contributed by atoms with Gasteiger partial charge in [0.25, 0.3) is 0 Å². The normalized spacial score (nSPS) is 12.6. The number of pyridine rings is 1. The van der Waals surface area contributed by atoms with Gasteiger partial charge in [-0.1, -0.05) is 30.3 Å². The van der Waals surface area contributed by atoms with Crippen LogP contribution in [0.15, 0.2) is 54.9 Å². The third-order valence-electron chi connectivity index (χ3n) is 3.24. The molecule has 0 aliphatic heterocycles. The largest absolute Gasteiger partial charge is 0.324 e. The summed E-state index contributed by atoms with van der Waals surface area (Å²) in [5.74, 6) is -0.648. The van der Waals surface area contributed by atoms with Crippen LogP contribution in [0.5, 0.6) is 0 Å². The first kappa shape index (κ1) is 17.1. The number of carbonyl (C=O) groups is 1. The Kier molecular flexibility index (Phi) is 5.84. The van der Waals surface area contributed by atoms with Gasteiger partial charge in [0.2, 0.25) is 15.9 Å². The van der Waals surface area contributed by atoms with E-state index < -0.39 is 15.9 Å². The monoisotopic (exact) mass is 333 g/mol. The first-order valence-corrected chi connectivity index (χ1v) is 9.05. The molecule has 0 radical (unpaired) electrons. The molecule has 1 atom stereocenters. The van der Waals surface area contributed by atoms with Crippen molar-refractivity contribution in [1.82, 2.24) is 9.71 Å². The lowest BCUT2D eigenvalue weighted by Crippen LogP contribution is -2.28. The van der Waals surface area contributed by atoms with E-state index in [0.29, 0.717) is 12.1 Å².